The zero-order chi connectivity index (χ0) is 16.8. The van der Waals surface area contributed by atoms with Crippen molar-refractivity contribution >= 4 is 5.69 Å². The fourth-order valence-corrected chi connectivity index (χ4v) is 3.01. The summed E-state index contributed by atoms with van der Waals surface area (Å²) < 4.78 is 0. The molecular weight excluding hydrogens is 300 g/mol. The summed E-state index contributed by atoms with van der Waals surface area (Å²) in [7, 11) is 0. The van der Waals surface area contributed by atoms with Crippen LogP contribution in [0.15, 0.2) is 54.6 Å². The van der Waals surface area contributed by atoms with Crippen molar-refractivity contribution < 1.29 is 4.92 Å². The Labute approximate surface area is 142 Å². The number of hydrogen-bond acceptors (Lipinski definition) is 3. The Morgan fingerprint density at radius 2 is 1.62 bits per heavy atom. The number of nitro benzene ring substituents is 1. The summed E-state index contributed by atoms with van der Waals surface area (Å²) in [6.07, 6.45) is 3.61. The fraction of sp³-hybridized carbons (Fsp3) is 0.300. The lowest BCUT2D eigenvalue weighted by molar-refractivity contribution is -0.384. The van der Waals surface area contributed by atoms with Crippen LogP contribution in [0.3, 0.4) is 0 Å². The molecule has 1 atom stereocenters. The molecule has 2 aromatic carbocycles. The monoisotopic (exact) mass is 320 g/mol. The van der Waals surface area contributed by atoms with Crippen molar-refractivity contribution in [2.45, 2.75) is 25.3 Å². The SMILES string of the molecule is O=[N+]([O-])c1ccc(C(C#Cc2ccccc2)N2CCCCC2)cc1. The van der Waals surface area contributed by atoms with Crippen LogP contribution in [0, 0.1) is 22.0 Å². The molecule has 0 aliphatic carbocycles. The van der Waals surface area contributed by atoms with Crippen molar-refractivity contribution in [2.24, 2.45) is 0 Å². The number of nitrogens with zero attached hydrogens (tertiary/aromatic N) is 2. The van der Waals surface area contributed by atoms with Gasteiger partial charge < -0.3 is 0 Å². The van der Waals surface area contributed by atoms with Crippen LogP contribution < -0.4 is 0 Å². The summed E-state index contributed by atoms with van der Waals surface area (Å²) in [6.45, 7) is 2.04. The van der Waals surface area contributed by atoms with Gasteiger partial charge in [-0.25, -0.2) is 0 Å². The second kappa shape index (κ2) is 7.76. The minimum absolute atomic E-state index is 0.0219. The van der Waals surface area contributed by atoms with Gasteiger partial charge in [0.1, 0.15) is 0 Å². The Morgan fingerprint density at radius 3 is 2.25 bits per heavy atom. The predicted octanol–water partition coefficient (Wildman–Crippen LogP) is 4.17. The summed E-state index contributed by atoms with van der Waals surface area (Å²) in [4.78, 5) is 12.9. The predicted molar refractivity (Wildman–Crippen MR) is 94.6 cm³/mol. The number of non-ortho nitro benzene ring substituents is 1. The highest BCUT2D eigenvalue weighted by atomic mass is 16.6. The summed E-state index contributed by atoms with van der Waals surface area (Å²) in [5.74, 6) is 6.63. The molecule has 2 aromatic rings. The van der Waals surface area contributed by atoms with Crippen LogP contribution in [0.1, 0.15) is 36.4 Å². The van der Waals surface area contributed by atoms with Crippen LogP contribution in [0.4, 0.5) is 5.69 Å². The number of piperidine rings is 1. The van der Waals surface area contributed by atoms with E-state index in [0.717, 1.165) is 24.2 Å². The zero-order valence-electron chi connectivity index (χ0n) is 13.5. The van der Waals surface area contributed by atoms with E-state index in [1.54, 1.807) is 12.1 Å². The summed E-state index contributed by atoms with van der Waals surface area (Å²) in [6, 6.07) is 16.7. The Bertz CT molecular complexity index is 739. The molecule has 1 saturated heterocycles. The molecule has 1 unspecified atom stereocenters. The van der Waals surface area contributed by atoms with E-state index in [4.69, 9.17) is 0 Å². The van der Waals surface area contributed by atoms with Crippen LogP contribution >= 0.6 is 0 Å². The second-order valence-electron chi connectivity index (χ2n) is 5.98. The first-order valence-corrected chi connectivity index (χ1v) is 8.29. The molecule has 1 fully saturated rings. The number of nitro groups is 1. The molecule has 0 bridgehead atoms. The van der Waals surface area contributed by atoms with Crippen molar-refractivity contribution in [2.75, 3.05) is 13.1 Å². The quantitative estimate of drug-likeness (QED) is 0.484. The molecule has 24 heavy (non-hydrogen) atoms. The Balaban J connectivity index is 1.89. The van der Waals surface area contributed by atoms with E-state index in [9.17, 15) is 10.1 Å². The molecule has 4 heteroatoms. The maximum absolute atomic E-state index is 10.9. The van der Waals surface area contributed by atoms with Gasteiger partial charge in [-0.05, 0) is 55.8 Å². The standard InChI is InChI=1S/C20H20N2O2/c23-22(24)19-12-10-18(11-13-19)20(21-15-5-2-6-16-21)14-9-17-7-3-1-4-8-17/h1,3-4,7-8,10-13,20H,2,5-6,15-16H2. The van der Waals surface area contributed by atoms with Gasteiger partial charge in [0.05, 0.1) is 11.0 Å². The number of hydrogen-bond donors (Lipinski definition) is 0. The molecule has 0 spiro atoms. The first kappa shape index (κ1) is 16.2. The van der Waals surface area contributed by atoms with Crippen LogP contribution in [0.2, 0.25) is 0 Å². The highest BCUT2D eigenvalue weighted by Gasteiger charge is 2.21. The van der Waals surface area contributed by atoms with E-state index >= 15 is 0 Å². The van der Waals surface area contributed by atoms with Gasteiger partial charge in [-0.2, -0.15) is 0 Å². The molecule has 122 valence electrons. The van der Waals surface area contributed by atoms with Crippen molar-refractivity contribution in [3.63, 3.8) is 0 Å². The van der Waals surface area contributed by atoms with E-state index in [1.165, 1.54) is 19.3 Å². The van der Waals surface area contributed by atoms with Gasteiger partial charge in [0, 0.05) is 17.7 Å². The average molecular weight is 320 g/mol. The average Bonchev–Trinajstić information content (AvgIpc) is 2.64. The van der Waals surface area contributed by atoms with Crippen LogP contribution in [0.25, 0.3) is 0 Å². The number of rotatable bonds is 3. The van der Waals surface area contributed by atoms with E-state index in [0.29, 0.717) is 0 Å². The van der Waals surface area contributed by atoms with Gasteiger partial charge >= 0.3 is 0 Å². The van der Waals surface area contributed by atoms with Gasteiger partial charge in [-0.3, -0.25) is 15.0 Å². The van der Waals surface area contributed by atoms with Gasteiger partial charge in [-0.1, -0.05) is 36.5 Å². The largest absolute Gasteiger partial charge is 0.286 e. The third-order valence-corrected chi connectivity index (χ3v) is 4.30. The molecule has 3 rings (SSSR count). The zero-order valence-corrected chi connectivity index (χ0v) is 13.5. The van der Waals surface area contributed by atoms with E-state index in [1.807, 2.05) is 42.5 Å². The summed E-state index contributed by atoms with van der Waals surface area (Å²) in [5, 5.41) is 10.9. The van der Waals surface area contributed by atoms with Gasteiger partial charge in [-0.15, -0.1) is 0 Å². The Kier molecular flexibility index (Phi) is 5.25. The molecule has 1 aliphatic heterocycles. The van der Waals surface area contributed by atoms with Crippen molar-refractivity contribution in [1.82, 2.24) is 4.90 Å². The molecule has 0 aromatic heterocycles. The third kappa shape index (κ3) is 4.01. The third-order valence-electron chi connectivity index (χ3n) is 4.30. The number of benzene rings is 2. The van der Waals surface area contributed by atoms with E-state index in [-0.39, 0.29) is 16.7 Å². The molecule has 0 radical (unpaired) electrons. The van der Waals surface area contributed by atoms with Crippen LogP contribution in [-0.2, 0) is 0 Å². The maximum Gasteiger partial charge on any atom is 0.269 e. The molecule has 0 saturated carbocycles. The minimum atomic E-state index is -0.366. The highest BCUT2D eigenvalue weighted by molar-refractivity contribution is 5.40. The van der Waals surface area contributed by atoms with Gasteiger partial charge in [0.15, 0.2) is 0 Å². The second-order valence-corrected chi connectivity index (χ2v) is 5.98. The lowest BCUT2D eigenvalue weighted by atomic mass is 10.0. The first-order valence-electron chi connectivity index (χ1n) is 8.29. The summed E-state index contributed by atoms with van der Waals surface area (Å²) >= 11 is 0. The Morgan fingerprint density at radius 1 is 0.958 bits per heavy atom. The lowest BCUT2D eigenvalue weighted by Crippen LogP contribution is -2.33. The molecule has 0 amide bonds. The smallest absolute Gasteiger partial charge is 0.269 e. The number of likely N-dealkylation sites (tertiary alicyclic amines) is 1. The van der Waals surface area contributed by atoms with E-state index < -0.39 is 0 Å². The maximum atomic E-state index is 10.9. The molecular formula is C20H20N2O2. The molecule has 1 heterocycles. The molecule has 4 nitrogen and oxygen atoms in total. The first-order chi connectivity index (χ1) is 11.7. The van der Waals surface area contributed by atoms with E-state index in [2.05, 4.69) is 16.7 Å². The molecule has 0 N–H and O–H groups in total. The normalized spacial score (nSPS) is 16.0. The van der Waals surface area contributed by atoms with Gasteiger partial charge in [0.25, 0.3) is 5.69 Å². The van der Waals surface area contributed by atoms with Crippen molar-refractivity contribution in [3.8, 4) is 11.8 Å². The topological polar surface area (TPSA) is 46.4 Å². The van der Waals surface area contributed by atoms with Gasteiger partial charge in [0.2, 0.25) is 0 Å². The highest BCUT2D eigenvalue weighted by Crippen LogP contribution is 2.26. The lowest BCUT2D eigenvalue weighted by Gasteiger charge is -2.31. The Hall–Kier alpha value is -2.64. The van der Waals surface area contributed by atoms with Crippen LogP contribution in [0.5, 0.6) is 0 Å². The van der Waals surface area contributed by atoms with Crippen LogP contribution in [-0.4, -0.2) is 22.9 Å². The van der Waals surface area contributed by atoms with Crippen molar-refractivity contribution in [1.29, 1.82) is 0 Å². The van der Waals surface area contributed by atoms with Crippen molar-refractivity contribution in [3.05, 3.63) is 75.8 Å². The minimum Gasteiger partial charge on any atom is -0.286 e. The summed E-state index contributed by atoms with van der Waals surface area (Å²) in [5.41, 5.74) is 2.12. The fourth-order valence-electron chi connectivity index (χ4n) is 3.01. The molecule has 1 aliphatic rings.